The van der Waals surface area contributed by atoms with E-state index >= 15 is 0 Å². The number of benzene rings is 2. The lowest BCUT2D eigenvalue weighted by Crippen LogP contribution is -2.15. The first kappa shape index (κ1) is 22.5. The molecule has 1 N–H and O–H groups in total. The van der Waals surface area contributed by atoms with E-state index in [1.54, 1.807) is 12.4 Å². The van der Waals surface area contributed by atoms with Crippen LogP contribution in [0.25, 0.3) is 17.1 Å². The van der Waals surface area contributed by atoms with Crippen LogP contribution in [0.1, 0.15) is 19.4 Å². The number of carbonyl (C=O) groups excluding carboxylic acids is 1. The summed E-state index contributed by atoms with van der Waals surface area (Å²) in [7, 11) is 0. The fourth-order valence-corrected chi connectivity index (χ4v) is 4.16. The Hall–Kier alpha value is -3.65. The highest BCUT2D eigenvalue weighted by molar-refractivity contribution is 7.99. The van der Waals surface area contributed by atoms with Gasteiger partial charge < -0.3 is 10.1 Å². The van der Waals surface area contributed by atoms with Crippen molar-refractivity contribution in [1.82, 2.24) is 19.7 Å². The van der Waals surface area contributed by atoms with Crippen molar-refractivity contribution >= 4 is 23.4 Å². The summed E-state index contributed by atoms with van der Waals surface area (Å²) in [6.07, 6.45) is 4.32. The molecule has 4 rings (SSSR count). The molecule has 1 amide bonds. The summed E-state index contributed by atoms with van der Waals surface area (Å²) in [4.78, 5) is 16.9. The summed E-state index contributed by atoms with van der Waals surface area (Å²) in [5, 5.41) is 12.4. The number of ether oxygens (including phenoxy) is 1. The molecule has 0 aliphatic heterocycles. The van der Waals surface area contributed by atoms with Crippen molar-refractivity contribution in [2.45, 2.75) is 25.4 Å². The highest BCUT2D eigenvalue weighted by Gasteiger charge is 2.18. The zero-order chi connectivity index (χ0) is 23.0. The fourth-order valence-electron chi connectivity index (χ4n) is 3.40. The van der Waals surface area contributed by atoms with Crippen LogP contribution in [0.3, 0.4) is 0 Å². The molecule has 0 fully saturated rings. The summed E-state index contributed by atoms with van der Waals surface area (Å²) >= 11 is 1.34. The number of anilines is 1. The van der Waals surface area contributed by atoms with E-state index in [-0.39, 0.29) is 11.7 Å². The number of nitrogens with zero attached hydrogens (tertiary/aromatic N) is 4. The molecule has 0 bridgehead atoms. The second-order valence-electron chi connectivity index (χ2n) is 7.16. The first-order valence-electron chi connectivity index (χ1n) is 10.8. The van der Waals surface area contributed by atoms with Crippen molar-refractivity contribution in [3.8, 4) is 22.8 Å². The molecule has 2 heterocycles. The number of aryl methyl sites for hydroxylation is 1. The number of thioether (sulfide) groups is 1. The van der Waals surface area contributed by atoms with Gasteiger partial charge in [-0.15, -0.1) is 10.2 Å². The number of aromatic nitrogens is 4. The van der Waals surface area contributed by atoms with E-state index in [1.165, 1.54) is 11.8 Å². The normalized spacial score (nSPS) is 10.7. The molecule has 0 aliphatic carbocycles. The lowest BCUT2D eigenvalue weighted by Gasteiger charge is -2.12. The van der Waals surface area contributed by atoms with Crippen molar-refractivity contribution < 1.29 is 9.53 Å². The topological polar surface area (TPSA) is 81.9 Å². The van der Waals surface area contributed by atoms with Crippen LogP contribution in [-0.2, 0) is 11.2 Å². The standard InChI is InChI=1S/C25H25N5O2S/c1-3-18-8-5-6-10-22(18)27-23(31)17-33-25-29-28-24(19-9-7-15-26-16-19)30(25)20-11-13-21(14-12-20)32-4-2/h5-16H,3-4,17H2,1-2H3,(H,27,31). The first-order valence-corrected chi connectivity index (χ1v) is 11.8. The molecule has 8 heteroatoms. The van der Waals surface area contributed by atoms with Gasteiger partial charge in [0.1, 0.15) is 5.75 Å². The molecule has 0 aliphatic rings. The van der Waals surface area contributed by atoms with E-state index in [9.17, 15) is 4.79 Å². The van der Waals surface area contributed by atoms with Gasteiger partial charge in [-0.1, -0.05) is 36.9 Å². The second kappa shape index (κ2) is 10.8. The molecule has 0 atom stereocenters. The van der Waals surface area contributed by atoms with Crippen molar-refractivity contribution in [1.29, 1.82) is 0 Å². The van der Waals surface area contributed by atoms with Gasteiger partial charge >= 0.3 is 0 Å². The van der Waals surface area contributed by atoms with E-state index < -0.39 is 0 Å². The Balaban J connectivity index is 1.59. The molecular formula is C25H25N5O2S. The van der Waals surface area contributed by atoms with Crippen LogP contribution in [0.2, 0.25) is 0 Å². The van der Waals surface area contributed by atoms with Gasteiger partial charge in [-0.05, 0) is 61.4 Å². The molecule has 33 heavy (non-hydrogen) atoms. The smallest absolute Gasteiger partial charge is 0.234 e. The van der Waals surface area contributed by atoms with E-state index in [2.05, 4.69) is 27.4 Å². The number of nitrogens with one attached hydrogen (secondary N) is 1. The Morgan fingerprint density at radius 2 is 1.85 bits per heavy atom. The van der Waals surface area contributed by atoms with Crippen molar-refractivity contribution in [2.24, 2.45) is 0 Å². The molecule has 2 aromatic heterocycles. The van der Waals surface area contributed by atoms with Crippen LogP contribution < -0.4 is 10.1 Å². The maximum absolute atomic E-state index is 12.7. The van der Waals surface area contributed by atoms with Gasteiger partial charge in [0.05, 0.1) is 12.4 Å². The molecule has 4 aromatic rings. The summed E-state index contributed by atoms with van der Waals surface area (Å²) in [5.74, 6) is 1.57. The number of para-hydroxylation sites is 1. The second-order valence-corrected chi connectivity index (χ2v) is 8.10. The summed E-state index contributed by atoms with van der Waals surface area (Å²) < 4.78 is 7.50. The Kier molecular flexibility index (Phi) is 7.36. The predicted octanol–water partition coefficient (Wildman–Crippen LogP) is 5.02. The van der Waals surface area contributed by atoms with Crippen LogP contribution >= 0.6 is 11.8 Å². The van der Waals surface area contributed by atoms with Gasteiger partial charge in [0.25, 0.3) is 0 Å². The molecule has 168 valence electrons. The number of rotatable bonds is 9. The lowest BCUT2D eigenvalue weighted by atomic mass is 10.1. The molecule has 7 nitrogen and oxygen atoms in total. The van der Waals surface area contributed by atoms with Gasteiger partial charge in [-0.3, -0.25) is 14.3 Å². The van der Waals surface area contributed by atoms with Gasteiger partial charge in [0.15, 0.2) is 11.0 Å². The SMILES string of the molecule is CCOc1ccc(-n2c(SCC(=O)Nc3ccccc3CC)nnc2-c2cccnc2)cc1. The van der Waals surface area contributed by atoms with Gasteiger partial charge in [-0.25, -0.2) is 0 Å². The number of amides is 1. The van der Waals surface area contributed by atoms with Crippen molar-refractivity contribution in [3.63, 3.8) is 0 Å². The fraction of sp³-hybridized carbons (Fsp3) is 0.200. The molecule has 2 aromatic carbocycles. The zero-order valence-electron chi connectivity index (χ0n) is 18.6. The van der Waals surface area contributed by atoms with E-state index in [0.29, 0.717) is 17.6 Å². The number of carbonyl (C=O) groups is 1. The maximum atomic E-state index is 12.7. The van der Waals surface area contributed by atoms with E-state index in [4.69, 9.17) is 4.74 Å². The average molecular weight is 460 g/mol. The molecule has 0 saturated heterocycles. The van der Waals surface area contributed by atoms with E-state index in [0.717, 1.165) is 34.7 Å². The van der Waals surface area contributed by atoms with Crippen LogP contribution in [0.4, 0.5) is 5.69 Å². The number of hydrogen-bond acceptors (Lipinski definition) is 6. The minimum atomic E-state index is -0.0925. The van der Waals surface area contributed by atoms with Crippen molar-refractivity contribution in [3.05, 3.63) is 78.6 Å². The highest BCUT2D eigenvalue weighted by atomic mass is 32.2. The Labute approximate surface area is 197 Å². The first-order chi connectivity index (χ1) is 16.2. The number of pyridine rings is 1. The largest absolute Gasteiger partial charge is 0.494 e. The Bertz CT molecular complexity index is 1210. The van der Waals surface area contributed by atoms with E-state index in [1.807, 2.05) is 72.2 Å². The van der Waals surface area contributed by atoms with Crippen LogP contribution in [0.15, 0.2) is 78.2 Å². The molecular weight excluding hydrogens is 434 g/mol. The molecule has 0 spiro atoms. The van der Waals surface area contributed by atoms with Gasteiger partial charge in [0.2, 0.25) is 5.91 Å². The minimum absolute atomic E-state index is 0.0925. The third kappa shape index (κ3) is 5.40. The minimum Gasteiger partial charge on any atom is -0.494 e. The molecule has 0 saturated carbocycles. The summed E-state index contributed by atoms with van der Waals surface area (Å²) in [6.45, 7) is 4.62. The predicted molar refractivity (Wildman–Crippen MR) is 131 cm³/mol. The Morgan fingerprint density at radius 3 is 2.58 bits per heavy atom. The monoisotopic (exact) mass is 459 g/mol. The van der Waals surface area contributed by atoms with Crippen LogP contribution in [-0.4, -0.2) is 38.0 Å². The van der Waals surface area contributed by atoms with Crippen LogP contribution in [0.5, 0.6) is 5.75 Å². The quantitative estimate of drug-likeness (QED) is 0.354. The molecule has 0 unspecified atom stereocenters. The van der Waals surface area contributed by atoms with Gasteiger partial charge in [-0.2, -0.15) is 0 Å². The molecule has 0 radical (unpaired) electrons. The third-order valence-electron chi connectivity index (χ3n) is 4.96. The zero-order valence-corrected chi connectivity index (χ0v) is 19.4. The Morgan fingerprint density at radius 1 is 1.03 bits per heavy atom. The third-order valence-corrected chi connectivity index (χ3v) is 5.89. The van der Waals surface area contributed by atoms with Crippen LogP contribution in [0, 0.1) is 0 Å². The number of hydrogen-bond donors (Lipinski definition) is 1. The average Bonchev–Trinajstić information content (AvgIpc) is 3.28. The highest BCUT2D eigenvalue weighted by Crippen LogP contribution is 2.29. The lowest BCUT2D eigenvalue weighted by molar-refractivity contribution is -0.113. The van der Waals surface area contributed by atoms with Crippen molar-refractivity contribution in [2.75, 3.05) is 17.7 Å². The van der Waals surface area contributed by atoms with Gasteiger partial charge in [0, 0.05) is 29.3 Å². The maximum Gasteiger partial charge on any atom is 0.234 e. The summed E-state index contributed by atoms with van der Waals surface area (Å²) in [6, 6.07) is 19.4. The summed E-state index contributed by atoms with van der Waals surface area (Å²) in [5.41, 5.74) is 3.66.